The maximum absolute atomic E-state index is 5.61. The van der Waals surface area contributed by atoms with E-state index in [2.05, 4.69) is 64.5 Å². The first-order chi connectivity index (χ1) is 22.8. The van der Waals surface area contributed by atoms with Crippen molar-refractivity contribution in [3.8, 4) is 32.4 Å². The van der Waals surface area contributed by atoms with E-state index in [-0.39, 0.29) is 12.2 Å². The number of pyridine rings is 2. The Kier molecular flexibility index (Phi) is 8.87. The van der Waals surface area contributed by atoms with Crippen molar-refractivity contribution in [2.75, 3.05) is 0 Å². The molecule has 0 amide bonds. The summed E-state index contributed by atoms with van der Waals surface area (Å²) >= 11 is 3.35. The molecule has 14 heteroatoms. The van der Waals surface area contributed by atoms with E-state index in [1.54, 1.807) is 59.9 Å². The molecule has 6 aromatic heterocycles. The number of hydrogen-bond donors (Lipinski definition) is 0. The Hall–Kier alpha value is -5.60. The molecule has 12 nitrogen and oxygen atoms in total. The van der Waals surface area contributed by atoms with Crippen molar-refractivity contribution >= 4 is 34.5 Å². The molecule has 6 aromatic rings. The highest BCUT2D eigenvalue weighted by atomic mass is 32.1. The fourth-order valence-corrected chi connectivity index (χ4v) is 6.51. The van der Waals surface area contributed by atoms with Crippen molar-refractivity contribution < 1.29 is 19.1 Å². The van der Waals surface area contributed by atoms with Gasteiger partial charge in [-0.05, 0) is 36.4 Å². The zero-order chi connectivity index (χ0) is 31.0. The van der Waals surface area contributed by atoms with E-state index < -0.39 is 0 Å². The van der Waals surface area contributed by atoms with Crippen LogP contribution in [-0.4, -0.2) is 41.7 Å². The number of thiophene rings is 2. The summed E-state index contributed by atoms with van der Waals surface area (Å²) in [6, 6.07) is 16.2. The lowest BCUT2D eigenvalue weighted by molar-refractivity contribution is 0.0880. The molecule has 2 atom stereocenters. The van der Waals surface area contributed by atoms with E-state index in [0.29, 0.717) is 36.1 Å². The van der Waals surface area contributed by atoms with Gasteiger partial charge in [-0.25, -0.2) is 19.9 Å². The van der Waals surface area contributed by atoms with Crippen molar-refractivity contribution in [2.45, 2.75) is 25.0 Å². The monoisotopic (exact) mass is 648 g/mol. The maximum atomic E-state index is 5.61. The van der Waals surface area contributed by atoms with Gasteiger partial charge in [0.1, 0.15) is 12.7 Å². The summed E-state index contributed by atoms with van der Waals surface area (Å²) in [5.41, 5.74) is 2.20. The first-order valence-electron chi connectivity index (χ1n) is 14.1. The number of oxime groups is 2. The Balaban J connectivity index is 0.000000147. The summed E-state index contributed by atoms with van der Waals surface area (Å²) in [6.07, 6.45) is 17.4. The molecule has 228 valence electrons. The van der Waals surface area contributed by atoms with Gasteiger partial charge in [0.2, 0.25) is 11.8 Å². The van der Waals surface area contributed by atoms with Gasteiger partial charge in [0.25, 0.3) is 0 Å². The molecular weight excluding hydrogens is 625 g/mol. The molecule has 0 bridgehead atoms. The van der Waals surface area contributed by atoms with E-state index in [0.717, 1.165) is 30.6 Å². The second-order valence-corrected chi connectivity index (χ2v) is 12.0. The number of hydrogen-bond acceptors (Lipinski definition) is 14. The third kappa shape index (κ3) is 7.20. The van der Waals surface area contributed by atoms with E-state index in [9.17, 15) is 0 Å². The Morgan fingerprint density at radius 1 is 0.543 bits per heavy atom. The van der Waals surface area contributed by atoms with E-state index in [4.69, 9.17) is 19.1 Å². The minimum Gasteiger partial charge on any atom is -0.436 e. The summed E-state index contributed by atoms with van der Waals surface area (Å²) in [4.78, 5) is 39.4. The molecule has 0 aliphatic carbocycles. The van der Waals surface area contributed by atoms with Crippen LogP contribution in [-0.2, 0) is 9.68 Å². The average Bonchev–Trinajstić information content (AvgIpc) is 3.94. The smallest absolute Gasteiger partial charge is 0.235 e. The topological polar surface area (TPSA) is 139 Å². The summed E-state index contributed by atoms with van der Waals surface area (Å²) in [6.45, 7) is 0. The first kappa shape index (κ1) is 29.1. The molecule has 2 aliphatic heterocycles. The van der Waals surface area contributed by atoms with Gasteiger partial charge in [0.15, 0.2) is 23.7 Å². The van der Waals surface area contributed by atoms with Crippen LogP contribution in [0.3, 0.4) is 0 Å². The molecule has 0 unspecified atom stereocenters. The summed E-state index contributed by atoms with van der Waals surface area (Å²) < 4.78 is 11.2. The second-order valence-electron chi connectivity index (χ2n) is 9.81. The van der Waals surface area contributed by atoms with E-state index in [1.807, 2.05) is 36.7 Å². The third-order valence-corrected chi connectivity index (χ3v) is 9.06. The molecule has 0 spiro atoms. The average molecular weight is 649 g/mol. The summed E-state index contributed by atoms with van der Waals surface area (Å²) in [5.74, 6) is 2.16. The third-order valence-electron chi connectivity index (χ3n) is 6.61. The number of aromatic nitrogens is 6. The first-order valence-corrected chi connectivity index (χ1v) is 15.7. The quantitative estimate of drug-likeness (QED) is 0.187. The summed E-state index contributed by atoms with van der Waals surface area (Å²) in [7, 11) is 0. The zero-order valence-corrected chi connectivity index (χ0v) is 25.6. The highest BCUT2D eigenvalue weighted by Crippen LogP contribution is 2.38. The van der Waals surface area contributed by atoms with Crippen LogP contribution in [0.4, 0.5) is 0 Å². The minimum atomic E-state index is -0.120. The molecule has 0 saturated heterocycles. The van der Waals surface area contributed by atoms with Crippen molar-refractivity contribution in [3.63, 3.8) is 0 Å². The lowest BCUT2D eigenvalue weighted by Crippen LogP contribution is -2.07. The number of rotatable bonds is 6. The predicted molar refractivity (Wildman–Crippen MR) is 172 cm³/mol. The van der Waals surface area contributed by atoms with Gasteiger partial charge in [0.05, 0.1) is 37.6 Å². The van der Waals surface area contributed by atoms with Crippen molar-refractivity contribution in [1.29, 1.82) is 0 Å². The van der Waals surface area contributed by atoms with Crippen LogP contribution >= 0.6 is 22.7 Å². The lowest BCUT2D eigenvalue weighted by Gasteiger charge is -2.04. The fraction of sp³-hybridized carbons (Fsp3) is 0.125. The zero-order valence-electron chi connectivity index (χ0n) is 24.0. The molecule has 0 aromatic carbocycles. The van der Waals surface area contributed by atoms with Crippen LogP contribution in [0, 0.1) is 0 Å². The van der Waals surface area contributed by atoms with Crippen LogP contribution in [0.1, 0.15) is 34.8 Å². The van der Waals surface area contributed by atoms with Crippen molar-refractivity contribution in [2.24, 2.45) is 10.3 Å². The van der Waals surface area contributed by atoms with Crippen molar-refractivity contribution in [1.82, 2.24) is 29.9 Å². The molecule has 8 heterocycles. The molecule has 8 rings (SSSR count). The highest BCUT2D eigenvalue weighted by molar-refractivity contribution is 7.15. The van der Waals surface area contributed by atoms with Gasteiger partial charge >= 0.3 is 0 Å². The number of ether oxygens (including phenoxy) is 2. The molecule has 0 saturated carbocycles. The SMILES string of the molecule is c1cncc(-c2ccc([C@@H]3CC(Oc4cncnc4)=NO3)s2)c1.c1cncc(-c2ccc([C@H]3CC(Oc4cncnc4)=NO3)s2)c1. The largest absolute Gasteiger partial charge is 0.436 e. The van der Waals surface area contributed by atoms with Crippen LogP contribution in [0.2, 0.25) is 0 Å². The van der Waals surface area contributed by atoms with Gasteiger partial charge in [-0.1, -0.05) is 22.4 Å². The molecule has 0 N–H and O–H groups in total. The Labute approximate surface area is 271 Å². The maximum Gasteiger partial charge on any atom is 0.235 e. The van der Waals surface area contributed by atoms with Crippen molar-refractivity contribution in [3.05, 3.63) is 121 Å². The Morgan fingerprint density at radius 2 is 1.00 bits per heavy atom. The second kappa shape index (κ2) is 14.0. The number of nitrogens with zero attached hydrogens (tertiary/aromatic N) is 8. The Morgan fingerprint density at radius 3 is 1.41 bits per heavy atom. The predicted octanol–water partition coefficient (Wildman–Crippen LogP) is 6.91. The highest BCUT2D eigenvalue weighted by Gasteiger charge is 2.27. The van der Waals surface area contributed by atoms with Gasteiger partial charge < -0.3 is 19.1 Å². The van der Waals surface area contributed by atoms with E-state index >= 15 is 0 Å². The molecule has 0 radical (unpaired) electrons. The van der Waals surface area contributed by atoms with Gasteiger partial charge in [-0.2, -0.15) is 0 Å². The molecular formula is C32H24N8O4S2. The van der Waals surface area contributed by atoms with Crippen LogP contribution in [0.5, 0.6) is 11.5 Å². The van der Waals surface area contributed by atoms with Crippen LogP contribution < -0.4 is 9.47 Å². The normalized spacial score (nSPS) is 16.7. The molecule has 0 fully saturated rings. The minimum absolute atomic E-state index is 0.120. The van der Waals surface area contributed by atoms with Crippen LogP contribution in [0.15, 0.2) is 121 Å². The summed E-state index contributed by atoms with van der Waals surface area (Å²) in [5, 5.41) is 8.01. The van der Waals surface area contributed by atoms with Gasteiger partial charge in [-0.15, -0.1) is 22.7 Å². The Bertz CT molecular complexity index is 1780. The molecule has 2 aliphatic rings. The fourth-order valence-electron chi connectivity index (χ4n) is 4.46. The van der Waals surface area contributed by atoms with Crippen LogP contribution in [0.25, 0.3) is 20.9 Å². The van der Waals surface area contributed by atoms with E-state index in [1.165, 1.54) is 12.7 Å². The standard InChI is InChI=1S/2C16H12N4O2S/c2*1-2-11(7-17-5-1)14-3-4-15(23-14)13-6-16(20-22-13)21-12-8-18-10-19-9-12/h2*1-5,7-10,13H,6H2/t2*13-/m10/s1. The lowest BCUT2D eigenvalue weighted by atomic mass is 10.2. The van der Waals surface area contributed by atoms with Gasteiger partial charge in [-0.3, -0.25) is 9.97 Å². The molecule has 46 heavy (non-hydrogen) atoms. The van der Waals surface area contributed by atoms with Gasteiger partial charge in [0, 0.05) is 55.4 Å².